The first-order chi connectivity index (χ1) is 12.6. The van der Waals surface area contributed by atoms with Crippen molar-refractivity contribution >= 4 is 40.4 Å². The van der Waals surface area contributed by atoms with Crippen LogP contribution in [0.3, 0.4) is 0 Å². The van der Waals surface area contributed by atoms with E-state index >= 15 is 0 Å². The van der Waals surface area contributed by atoms with Crippen molar-refractivity contribution in [2.24, 2.45) is 0 Å². The van der Waals surface area contributed by atoms with E-state index in [9.17, 15) is 4.79 Å². The number of nitrogens with zero attached hydrogens (tertiary/aromatic N) is 3. The lowest BCUT2D eigenvalue weighted by atomic mass is 10.1. The fourth-order valence-corrected chi connectivity index (χ4v) is 3.00. The van der Waals surface area contributed by atoms with Crippen molar-refractivity contribution in [3.8, 4) is 11.1 Å². The second kappa shape index (κ2) is 6.78. The van der Waals surface area contributed by atoms with Gasteiger partial charge in [-0.25, -0.2) is 9.50 Å². The Labute approximate surface area is 159 Å². The second-order valence-corrected chi connectivity index (χ2v) is 6.49. The fraction of sp³-hybridized carbons (Fsp3) is 0. The molecule has 2 aromatic heterocycles. The molecule has 128 valence electrons. The van der Waals surface area contributed by atoms with Crippen molar-refractivity contribution in [3.05, 3.63) is 82.7 Å². The first-order valence-corrected chi connectivity index (χ1v) is 8.53. The third kappa shape index (κ3) is 3.27. The minimum absolute atomic E-state index is 0.279. The molecule has 5 nitrogen and oxygen atoms in total. The monoisotopic (exact) mass is 382 g/mol. The van der Waals surface area contributed by atoms with Crippen LogP contribution in [-0.4, -0.2) is 20.5 Å². The van der Waals surface area contributed by atoms with Gasteiger partial charge in [-0.3, -0.25) is 4.79 Å². The van der Waals surface area contributed by atoms with Crippen LogP contribution in [0.15, 0.2) is 67.0 Å². The number of carbonyl (C=O) groups is 1. The lowest BCUT2D eigenvalue weighted by Crippen LogP contribution is -2.14. The molecule has 0 saturated carbocycles. The van der Waals surface area contributed by atoms with Gasteiger partial charge in [0.15, 0.2) is 5.65 Å². The van der Waals surface area contributed by atoms with Gasteiger partial charge >= 0.3 is 0 Å². The smallest absolute Gasteiger partial charge is 0.274 e. The Bertz CT molecular complexity index is 1120. The van der Waals surface area contributed by atoms with Crippen LogP contribution < -0.4 is 5.32 Å². The molecule has 1 amide bonds. The van der Waals surface area contributed by atoms with Crippen LogP contribution in [0.25, 0.3) is 16.8 Å². The molecule has 4 aromatic rings. The van der Waals surface area contributed by atoms with Crippen LogP contribution in [0.4, 0.5) is 5.69 Å². The van der Waals surface area contributed by atoms with E-state index in [4.69, 9.17) is 23.2 Å². The number of halogens is 2. The third-order valence-electron chi connectivity index (χ3n) is 3.82. The lowest BCUT2D eigenvalue weighted by molar-refractivity contribution is 0.102. The summed E-state index contributed by atoms with van der Waals surface area (Å²) in [7, 11) is 0. The molecule has 0 aliphatic rings. The number of benzene rings is 2. The first kappa shape index (κ1) is 16.6. The van der Waals surface area contributed by atoms with Crippen LogP contribution in [0.1, 0.15) is 10.5 Å². The predicted molar refractivity (Wildman–Crippen MR) is 103 cm³/mol. The average molecular weight is 383 g/mol. The Morgan fingerprint density at radius 1 is 1.00 bits per heavy atom. The van der Waals surface area contributed by atoms with Gasteiger partial charge in [0.2, 0.25) is 0 Å². The molecule has 4 rings (SSSR count). The summed E-state index contributed by atoms with van der Waals surface area (Å²) in [5.41, 5.74) is 3.14. The normalized spacial score (nSPS) is 10.8. The SMILES string of the molecule is O=C(Nc1cccc(Cl)c1)c1ccn2ncc(-c3cccc(Cl)c3)c2n1. The minimum Gasteiger partial charge on any atom is -0.321 e. The summed E-state index contributed by atoms with van der Waals surface area (Å²) in [6.45, 7) is 0. The summed E-state index contributed by atoms with van der Waals surface area (Å²) in [6, 6.07) is 16.0. The maximum atomic E-state index is 12.5. The van der Waals surface area contributed by atoms with E-state index in [0.29, 0.717) is 21.4 Å². The number of amides is 1. The minimum atomic E-state index is -0.326. The number of rotatable bonds is 3. The Kier molecular flexibility index (Phi) is 4.32. The molecule has 2 aromatic carbocycles. The van der Waals surface area contributed by atoms with Crippen molar-refractivity contribution < 1.29 is 4.79 Å². The highest BCUT2D eigenvalue weighted by molar-refractivity contribution is 6.31. The molecule has 0 aliphatic carbocycles. The molecule has 0 spiro atoms. The maximum Gasteiger partial charge on any atom is 0.274 e. The second-order valence-electron chi connectivity index (χ2n) is 5.61. The number of hydrogen-bond donors (Lipinski definition) is 1. The van der Waals surface area contributed by atoms with Gasteiger partial charge < -0.3 is 5.32 Å². The van der Waals surface area contributed by atoms with E-state index in [1.165, 1.54) is 0 Å². The van der Waals surface area contributed by atoms with Crippen molar-refractivity contribution in [3.63, 3.8) is 0 Å². The quantitative estimate of drug-likeness (QED) is 0.544. The summed E-state index contributed by atoms with van der Waals surface area (Å²) in [6.07, 6.45) is 3.40. The van der Waals surface area contributed by atoms with Gasteiger partial charge in [0, 0.05) is 27.5 Å². The van der Waals surface area contributed by atoms with Gasteiger partial charge in [0.25, 0.3) is 5.91 Å². The zero-order valence-corrected chi connectivity index (χ0v) is 14.9. The zero-order chi connectivity index (χ0) is 18.1. The molecule has 0 atom stereocenters. The number of anilines is 1. The molecular formula is C19H12Cl2N4O. The fourth-order valence-electron chi connectivity index (χ4n) is 2.62. The van der Waals surface area contributed by atoms with E-state index in [1.54, 1.807) is 53.3 Å². The van der Waals surface area contributed by atoms with E-state index < -0.39 is 0 Å². The third-order valence-corrected chi connectivity index (χ3v) is 4.29. The van der Waals surface area contributed by atoms with E-state index in [-0.39, 0.29) is 11.6 Å². The number of aromatic nitrogens is 3. The van der Waals surface area contributed by atoms with Crippen LogP contribution in [0.2, 0.25) is 10.0 Å². The van der Waals surface area contributed by atoms with E-state index in [1.807, 2.05) is 18.2 Å². The highest BCUT2D eigenvalue weighted by atomic mass is 35.5. The van der Waals surface area contributed by atoms with Crippen LogP contribution in [0.5, 0.6) is 0 Å². The molecule has 7 heteroatoms. The van der Waals surface area contributed by atoms with Crippen LogP contribution in [-0.2, 0) is 0 Å². The highest BCUT2D eigenvalue weighted by Gasteiger charge is 2.13. The first-order valence-electron chi connectivity index (χ1n) is 7.77. The lowest BCUT2D eigenvalue weighted by Gasteiger charge is -2.06. The summed E-state index contributed by atoms with van der Waals surface area (Å²) in [5, 5.41) is 8.24. The van der Waals surface area contributed by atoms with Crippen LogP contribution in [0, 0.1) is 0 Å². The maximum absolute atomic E-state index is 12.5. The largest absolute Gasteiger partial charge is 0.321 e. The van der Waals surface area contributed by atoms with Crippen molar-refractivity contribution in [2.45, 2.75) is 0 Å². The van der Waals surface area contributed by atoms with Gasteiger partial charge in [-0.1, -0.05) is 41.4 Å². The van der Waals surface area contributed by atoms with Gasteiger partial charge in [0.1, 0.15) is 5.69 Å². The van der Waals surface area contributed by atoms with Crippen molar-refractivity contribution in [2.75, 3.05) is 5.32 Å². The molecule has 0 aliphatic heterocycles. The molecule has 0 saturated heterocycles. The molecule has 0 fully saturated rings. The molecular weight excluding hydrogens is 371 g/mol. The van der Waals surface area contributed by atoms with Crippen LogP contribution >= 0.6 is 23.2 Å². The summed E-state index contributed by atoms with van der Waals surface area (Å²) < 4.78 is 1.62. The van der Waals surface area contributed by atoms with E-state index in [2.05, 4.69) is 15.4 Å². The van der Waals surface area contributed by atoms with Gasteiger partial charge in [-0.2, -0.15) is 5.10 Å². The van der Waals surface area contributed by atoms with E-state index in [0.717, 1.165) is 11.1 Å². The molecule has 0 radical (unpaired) electrons. The summed E-state index contributed by atoms with van der Waals surface area (Å²) in [4.78, 5) is 17.0. The van der Waals surface area contributed by atoms with Crippen molar-refractivity contribution in [1.82, 2.24) is 14.6 Å². The Hall–Kier alpha value is -2.89. The number of hydrogen-bond acceptors (Lipinski definition) is 3. The van der Waals surface area contributed by atoms with Crippen molar-refractivity contribution in [1.29, 1.82) is 0 Å². The number of fused-ring (bicyclic) bond motifs is 1. The van der Waals surface area contributed by atoms with Gasteiger partial charge in [0.05, 0.1) is 6.20 Å². The number of nitrogens with one attached hydrogen (secondary N) is 1. The number of carbonyl (C=O) groups excluding carboxylic acids is 1. The van der Waals surface area contributed by atoms with Gasteiger partial charge in [-0.05, 0) is 42.0 Å². The standard InChI is InChI=1S/C19H12Cl2N4O/c20-13-4-1-3-12(9-13)16-11-22-25-8-7-17(24-18(16)25)19(26)23-15-6-2-5-14(21)10-15/h1-11H,(H,23,26). The molecule has 0 unspecified atom stereocenters. The molecule has 0 bridgehead atoms. The molecule has 1 N–H and O–H groups in total. The van der Waals surface area contributed by atoms with Gasteiger partial charge in [-0.15, -0.1) is 0 Å². The zero-order valence-electron chi connectivity index (χ0n) is 13.4. The Morgan fingerprint density at radius 3 is 2.54 bits per heavy atom. The summed E-state index contributed by atoms with van der Waals surface area (Å²) in [5.74, 6) is -0.326. The molecule has 26 heavy (non-hydrogen) atoms. The average Bonchev–Trinajstić information content (AvgIpc) is 3.05. The Morgan fingerprint density at radius 2 is 1.77 bits per heavy atom. The summed E-state index contributed by atoms with van der Waals surface area (Å²) >= 11 is 12.0. The topological polar surface area (TPSA) is 59.3 Å². The predicted octanol–water partition coefficient (Wildman–Crippen LogP) is 4.96. The Balaban J connectivity index is 1.71. The molecule has 2 heterocycles. The highest BCUT2D eigenvalue weighted by Crippen LogP contribution is 2.26.